The first-order valence-electron chi connectivity index (χ1n) is 43.0. The summed E-state index contributed by atoms with van der Waals surface area (Å²) in [5, 5.41) is 8.37. The number of piperidine rings is 4. The van der Waals surface area contributed by atoms with Crippen molar-refractivity contribution in [3.8, 4) is 0 Å². The summed E-state index contributed by atoms with van der Waals surface area (Å²) in [5.74, 6) is -10.3. The van der Waals surface area contributed by atoms with Crippen LogP contribution in [0.3, 0.4) is 0 Å². The lowest BCUT2D eigenvalue weighted by atomic mass is 9.75. The predicted octanol–water partition coefficient (Wildman–Crippen LogP) is 12.0. The Morgan fingerprint density at radius 2 is 0.904 bits per heavy atom. The van der Waals surface area contributed by atoms with Crippen LogP contribution in [0.4, 0.5) is 0 Å². The molecule has 0 radical (unpaired) electrons. The maximum Gasteiger partial charge on any atom is 0.287 e. The number of carbonyl (C=O) groups is 14. The Morgan fingerprint density at radius 3 is 1.27 bits per heavy atom. The molecule has 0 bridgehead atoms. The predicted molar refractivity (Wildman–Crippen MR) is 451 cm³/mol. The van der Waals surface area contributed by atoms with Crippen molar-refractivity contribution in [2.45, 2.75) is 291 Å². The molecule has 4 heterocycles. The second kappa shape index (κ2) is 41.6. The number of nitrogens with zero attached hydrogens (tertiary/aromatic N) is 5. The van der Waals surface area contributed by atoms with Crippen molar-refractivity contribution in [2.75, 3.05) is 71.2 Å². The zero-order valence-electron chi connectivity index (χ0n) is 74.3. The lowest BCUT2D eigenvalue weighted by Gasteiger charge is -2.39. The lowest BCUT2D eigenvalue weighted by Crippen LogP contribution is -2.51. The van der Waals surface area contributed by atoms with E-state index >= 15 is 4.79 Å². The molecule has 0 aromatic carbocycles. The highest BCUT2D eigenvalue weighted by Crippen LogP contribution is 2.66. The Balaban J connectivity index is 0.000000415. The van der Waals surface area contributed by atoms with Crippen LogP contribution >= 0.6 is 0 Å². The van der Waals surface area contributed by atoms with Crippen molar-refractivity contribution in [1.29, 1.82) is 0 Å². The highest BCUT2D eigenvalue weighted by atomic mass is 32.2. The number of likely N-dealkylation sites (tertiary alicyclic amines) is 4. The van der Waals surface area contributed by atoms with Gasteiger partial charge in [0.15, 0.2) is 11.6 Å². The zero-order chi connectivity index (χ0) is 87.1. The summed E-state index contributed by atoms with van der Waals surface area (Å²) in [5.41, 5.74) is -2.17. The van der Waals surface area contributed by atoms with Gasteiger partial charge in [-0.05, 0) is 93.4 Å². The SMILES string of the molecule is C=CCNC(=O)C(=O)[C@H](C)CC(=O)[C@@H]1[C@@H]2[C@H](CN1C(=O)[C@@H](CC(=O)C[C@H](CN1C(=O)CC(C)(C)CC1=O)C(C)(C)C)CN(CCCCCCC)S(=O)(=O)CC[Si](C)(C)C)C2(C)C.C=CCNC(=O)C(=O)[C@H](C)CC(=O)[C@@H]1[C@@H]2[C@H](CN1C(=O)[C@H](CNCCCCCCC)CC(=O)C[C@H](CN1C(=O)CC(C)(C)CC1=O)C(C)(C)C)C2(C)C. The first kappa shape index (κ1) is 99.3. The third-order valence-corrected chi connectivity index (χ3v) is 29.6. The molecule has 0 unspecified atom stereocenters. The first-order chi connectivity index (χ1) is 53.1. The van der Waals surface area contributed by atoms with Crippen LogP contribution in [-0.2, 0) is 77.1 Å². The summed E-state index contributed by atoms with van der Waals surface area (Å²) >= 11 is 0. The summed E-state index contributed by atoms with van der Waals surface area (Å²) in [6.07, 6.45) is 13.1. The van der Waals surface area contributed by atoms with Crippen LogP contribution in [0.5, 0.6) is 0 Å². The topological polar surface area (TPSA) is 325 Å². The van der Waals surface area contributed by atoms with E-state index in [1.165, 1.54) is 44.5 Å². The molecular formula is C89H148N8O16SSi. The van der Waals surface area contributed by atoms with Gasteiger partial charge >= 0.3 is 0 Å². The minimum absolute atomic E-state index is 0.0105. The fourth-order valence-corrected chi connectivity index (χ4v) is 22.2. The molecule has 3 N–H and O–H groups in total. The minimum Gasteiger partial charge on any atom is -0.346 e. The summed E-state index contributed by atoms with van der Waals surface area (Å²) in [6, 6.07) is -1.11. The maximum absolute atomic E-state index is 15.1. The first-order valence-corrected chi connectivity index (χ1v) is 48.3. The van der Waals surface area contributed by atoms with Crippen LogP contribution in [0.15, 0.2) is 25.3 Å². The van der Waals surface area contributed by atoms with Crippen LogP contribution in [0.1, 0.15) is 253 Å². The van der Waals surface area contributed by atoms with Crippen LogP contribution in [0, 0.1) is 91.7 Å². The number of ketones is 6. The molecule has 6 rings (SSSR count). The summed E-state index contributed by atoms with van der Waals surface area (Å²) in [6.45, 7) is 50.6. The molecule has 2 aliphatic carbocycles. The standard InChI is InChI=1S/C47H80N4O9SSi.C42H68N4O7/c1-14-16-17-18-19-21-49(61(59,60)22-23-62(11,12)13)29-33(25-35(52)26-34(45(4,5)6)30-50-38(54)27-46(7,8)28-39(50)55)44(58)51-31-36-40(47(36,9)10)41(51)37(53)24-32(3)42(56)43(57)48-20-15-2;1-11-13-14-15-16-18-43-24-28(20-30(47)21-29(40(4,5)6)25-45-33(49)22-41(7,8)23-34(45)50)39(53)46-26-31-35(42(31,9)10)36(46)32(48)19-27(3)37(51)38(52)44-17-12-2/h15,32-34,36,40-41H,2,14,16-31H2,1,3-13H3,(H,48,57);12,27-29,31,35-36,43H,2,11,13-26H2,1,3-10H3,(H,44,52)/t32-,33+,34-,36+,40+,41-;27-,28+,29-,31+,35+,36-/m11/s1. The average molecular weight is 1650 g/mol. The van der Waals surface area contributed by atoms with Gasteiger partial charge in [-0.15, -0.1) is 13.2 Å². The molecule has 4 aliphatic heterocycles. The molecule has 0 aromatic heterocycles. The molecule has 4 saturated heterocycles. The lowest BCUT2D eigenvalue weighted by molar-refractivity contribution is -0.155. The molecule has 8 amide bonds. The Hall–Kier alpha value is -6.25. The number of sulfonamides is 1. The van der Waals surface area contributed by atoms with E-state index < -0.39 is 111 Å². The van der Waals surface area contributed by atoms with Crippen LogP contribution in [0.2, 0.25) is 25.7 Å². The molecule has 26 heteroatoms. The Kier molecular flexibility index (Phi) is 35.9. The number of unbranched alkanes of at least 4 members (excludes halogenated alkanes) is 8. The van der Waals surface area contributed by atoms with E-state index in [1.807, 2.05) is 83.1 Å². The summed E-state index contributed by atoms with van der Waals surface area (Å²) in [4.78, 5) is 195. The van der Waals surface area contributed by atoms with Gasteiger partial charge in [0.1, 0.15) is 11.6 Å². The van der Waals surface area contributed by atoms with Gasteiger partial charge in [-0.2, -0.15) is 0 Å². The van der Waals surface area contributed by atoms with E-state index in [0.29, 0.717) is 25.6 Å². The Labute approximate surface area is 690 Å². The third-order valence-electron chi connectivity index (χ3n) is 25.7. The number of fused-ring (bicyclic) bond motifs is 2. The summed E-state index contributed by atoms with van der Waals surface area (Å²) in [7, 11) is -5.65. The Morgan fingerprint density at radius 1 is 0.539 bits per heavy atom. The van der Waals surface area contributed by atoms with Crippen molar-refractivity contribution >= 4 is 100 Å². The van der Waals surface area contributed by atoms with Gasteiger partial charge in [0.05, 0.1) is 29.7 Å². The highest BCUT2D eigenvalue weighted by Gasteiger charge is 2.71. The minimum atomic E-state index is -3.86. The second-order valence-electron chi connectivity index (χ2n) is 40.9. The third kappa shape index (κ3) is 28.2. The van der Waals surface area contributed by atoms with Gasteiger partial charge in [0.25, 0.3) is 11.8 Å². The van der Waals surface area contributed by atoms with Gasteiger partial charge in [0, 0.05) is 143 Å². The molecule has 6 fully saturated rings. The van der Waals surface area contributed by atoms with Crippen molar-refractivity contribution < 1.29 is 75.5 Å². The maximum atomic E-state index is 15.1. The molecule has 0 aromatic rings. The van der Waals surface area contributed by atoms with Crippen LogP contribution < -0.4 is 16.0 Å². The van der Waals surface area contributed by atoms with Crippen molar-refractivity contribution in [1.82, 2.24) is 39.9 Å². The molecule has 6 aliphatic rings. The number of nitrogens with one attached hydrogen (secondary N) is 3. The molecule has 0 spiro atoms. The molecule has 115 heavy (non-hydrogen) atoms. The molecule has 12 atom stereocenters. The van der Waals surface area contributed by atoms with E-state index in [4.69, 9.17) is 0 Å². The number of carbonyl (C=O) groups excluding carboxylic acids is 14. The van der Waals surface area contributed by atoms with Crippen molar-refractivity contribution in [3.05, 3.63) is 25.3 Å². The Bertz CT molecular complexity index is 3620. The monoisotopic (exact) mass is 1650 g/mol. The van der Waals surface area contributed by atoms with Gasteiger partial charge in [-0.3, -0.25) is 76.9 Å². The quantitative estimate of drug-likeness (QED) is 0.0167. The fourth-order valence-electron chi connectivity index (χ4n) is 17.7. The molecular weight excluding hydrogens is 1500 g/mol. The largest absolute Gasteiger partial charge is 0.346 e. The smallest absolute Gasteiger partial charge is 0.287 e. The van der Waals surface area contributed by atoms with E-state index in [0.717, 1.165) is 51.4 Å². The van der Waals surface area contributed by atoms with Gasteiger partial charge in [-0.1, -0.05) is 208 Å². The normalized spacial score (nSPS) is 23.0. The zero-order valence-corrected chi connectivity index (χ0v) is 76.1. The van der Waals surface area contributed by atoms with Crippen molar-refractivity contribution in [2.24, 2.45) is 91.7 Å². The van der Waals surface area contributed by atoms with Gasteiger partial charge in [-0.25, -0.2) is 12.7 Å². The van der Waals surface area contributed by atoms with Gasteiger partial charge in [0.2, 0.25) is 57.0 Å². The van der Waals surface area contributed by atoms with E-state index in [1.54, 1.807) is 11.8 Å². The average Bonchev–Trinajstić information content (AvgIpc) is 1.53. The van der Waals surface area contributed by atoms with Crippen LogP contribution in [-0.4, -0.2) is 206 Å². The van der Waals surface area contributed by atoms with E-state index in [9.17, 15) is 70.7 Å². The molecule has 650 valence electrons. The number of amides is 8. The molecule has 24 nitrogen and oxygen atoms in total. The second-order valence-corrected chi connectivity index (χ2v) is 48.6. The number of Topliss-reactive ketones (excluding diaryl/α,β-unsaturated/α-hetero) is 6. The summed E-state index contributed by atoms with van der Waals surface area (Å²) < 4.78 is 29.9. The van der Waals surface area contributed by atoms with E-state index in [2.05, 4.69) is 76.4 Å². The fraction of sp³-hybridized carbons (Fsp3) is 0.798. The van der Waals surface area contributed by atoms with E-state index in [-0.39, 0.29) is 215 Å². The highest BCUT2D eigenvalue weighted by molar-refractivity contribution is 7.89. The number of hydrogen-bond acceptors (Lipinski definition) is 17. The van der Waals surface area contributed by atoms with Crippen LogP contribution in [0.25, 0.3) is 0 Å². The van der Waals surface area contributed by atoms with Crippen molar-refractivity contribution in [3.63, 3.8) is 0 Å². The number of imide groups is 2. The molecule has 2 saturated carbocycles. The number of hydrogen-bond donors (Lipinski definition) is 3. The van der Waals surface area contributed by atoms with Gasteiger partial charge < -0.3 is 25.8 Å². The number of rotatable bonds is 48.